The minimum absolute atomic E-state index is 0.124. The first-order valence-electron chi connectivity index (χ1n) is 10.4. The van der Waals surface area contributed by atoms with Crippen molar-refractivity contribution in [3.63, 3.8) is 0 Å². The molecule has 2 aliphatic rings. The van der Waals surface area contributed by atoms with Gasteiger partial charge in [-0.05, 0) is 49.8 Å². The van der Waals surface area contributed by atoms with Gasteiger partial charge in [0.1, 0.15) is 12.3 Å². The molecule has 2 amide bonds. The number of ether oxygens (including phenoxy) is 2. The first kappa shape index (κ1) is 21.1. The van der Waals surface area contributed by atoms with Gasteiger partial charge in [0, 0.05) is 6.04 Å². The van der Waals surface area contributed by atoms with Gasteiger partial charge in [0.05, 0.1) is 5.69 Å². The van der Waals surface area contributed by atoms with Crippen LogP contribution in [-0.4, -0.2) is 43.1 Å². The molecule has 1 aromatic carbocycles. The molecule has 1 fully saturated rings. The third kappa shape index (κ3) is 5.49. The minimum atomic E-state index is -0.851. The Morgan fingerprint density at radius 2 is 2.00 bits per heavy atom. The van der Waals surface area contributed by atoms with Crippen molar-refractivity contribution in [2.45, 2.75) is 65.0 Å². The van der Waals surface area contributed by atoms with Crippen LogP contribution in [0.4, 0.5) is 5.69 Å². The second kappa shape index (κ2) is 9.29. The molecule has 158 valence electrons. The van der Waals surface area contributed by atoms with E-state index in [2.05, 4.69) is 5.32 Å². The normalized spacial score (nSPS) is 17.7. The number of nitrogens with one attached hydrogen (secondary N) is 1. The predicted molar refractivity (Wildman–Crippen MR) is 109 cm³/mol. The van der Waals surface area contributed by atoms with Crippen molar-refractivity contribution in [2.24, 2.45) is 5.92 Å². The lowest BCUT2D eigenvalue weighted by Crippen LogP contribution is -2.46. The molecule has 1 aliphatic carbocycles. The Morgan fingerprint density at radius 3 is 2.69 bits per heavy atom. The van der Waals surface area contributed by atoms with E-state index in [4.69, 9.17) is 9.47 Å². The molecule has 29 heavy (non-hydrogen) atoms. The Morgan fingerprint density at radius 1 is 1.28 bits per heavy atom. The van der Waals surface area contributed by atoms with E-state index in [-0.39, 0.29) is 36.9 Å². The smallest absolute Gasteiger partial charge is 0.326 e. The predicted octanol–water partition coefficient (Wildman–Crippen LogP) is 2.74. The number of aryl methyl sites for hydroxylation is 1. The molecule has 1 atom stereocenters. The Labute approximate surface area is 171 Å². The van der Waals surface area contributed by atoms with Gasteiger partial charge in [0.15, 0.2) is 12.7 Å². The third-order valence-electron chi connectivity index (χ3n) is 5.30. The van der Waals surface area contributed by atoms with Gasteiger partial charge in [-0.3, -0.25) is 19.3 Å². The van der Waals surface area contributed by atoms with E-state index in [0.29, 0.717) is 17.9 Å². The molecule has 1 aromatic rings. The van der Waals surface area contributed by atoms with E-state index in [9.17, 15) is 14.4 Å². The summed E-state index contributed by atoms with van der Waals surface area (Å²) in [5.41, 5.74) is 1.50. The summed E-state index contributed by atoms with van der Waals surface area (Å²) in [5, 5.41) is 3.01. The molecule has 0 saturated heterocycles. The summed E-state index contributed by atoms with van der Waals surface area (Å²) in [4.78, 5) is 39.0. The van der Waals surface area contributed by atoms with Crippen molar-refractivity contribution < 1.29 is 23.9 Å². The average Bonchev–Trinajstić information content (AvgIpc) is 3.16. The van der Waals surface area contributed by atoms with Crippen LogP contribution >= 0.6 is 0 Å². The zero-order chi connectivity index (χ0) is 21.0. The molecule has 1 aliphatic heterocycles. The van der Waals surface area contributed by atoms with Gasteiger partial charge in [0.2, 0.25) is 0 Å². The van der Waals surface area contributed by atoms with Gasteiger partial charge >= 0.3 is 5.97 Å². The standard InChI is InChI=1S/C22H30N2O5/c1-14(2)10-19(22(27)23-16-6-4-5-7-16)29-21(26)12-24-17-11-15(3)8-9-18(17)28-13-20(24)25/h8-9,11,14,16,19H,4-7,10,12-13H2,1-3H3,(H,23,27)/t19-/m1/s1. The molecule has 0 bridgehead atoms. The number of nitrogens with zero attached hydrogens (tertiary/aromatic N) is 1. The highest BCUT2D eigenvalue weighted by atomic mass is 16.5. The maximum atomic E-state index is 12.7. The first-order chi connectivity index (χ1) is 13.8. The van der Waals surface area contributed by atoms with Crippen LogP contribution in [0, 0.1) is 12.8 Å². The molecular weight excluding hydrogens is 372 g/mol. The van der Waals surface area contributed by atoms with E-state index in [0.717, 1.165) is 31.2 Å². The summed E-state index contributed by atoms with van der Waals surface area (Å²) < 4.78 is 11.0. The van der Waals surface area contributed by atoms with E-state index >= 15 is 0 Å². The number of amides is 2. The zero-order valence-electron chi connectivity index (χ0n) is 17.4. The van der Waals surface area contributed by atoms with Crippen molar-refractivity contribution in [1.29, 1.82) is 0 Å². The number of anilines is 1. The molecule has 0 aromatic heterocycles. The van der Waals surface area contributed by atoms with Crippen LogP contribution in [0.5, 0.6) is 5.75 Å². The van der Waals surface area contributed by atoms with Crippen LogP contribution in [0.25, 0.3) is 0 Å². The molecular formula is C22H30N2O5. The molecule has 0 unspecified atom stereocenters. The number of carbonyl (C=O) groups is 3. The molecule has 3 rings (SSSR count). The summed E-state index contributed by atoms with van der Waals surface area (Å²) in [6.07, 6.45) is 3.74. The largest absolute Gasteiger partial charge is 0.482 e. The molecule has 1 saturated carbocycles. The summed E-state index contributed by atoms with van der Waals surface area (Å²) in [7, 11) is 0. The number of esters is 1. The Hall–Kier alpha value is -2.57. The second-order valence-corrected chi connectivity index (χ2v) is 8.34. The Kier molecular flexibility index (Phi) is 6.77. The van der Waals surface area contributed by atoms with Crippen LogP contribution in [0.15, 0.2) is 18.2 Å². The number of hydrogen-bond donors (Lipinski definition) is 1. The summed E-state index contributed by atoms with van der Waals surface area (Å²) in [6.45, 7) is 5.50. The first-order valence-corrected chi connectivity index (χ1v) is 10.4. The van der Waals surface area contributed by atoms with Crippen molar-refractivity contribution in [3.05, 3.63) is 23.8 Å². The summed E-state index contributed by atoms with van der Waals surface area (Å²) in [5.74, 6) is -0.407. The Balaban J connectivity index is 1.67. The van der Waals surface area contributed by atoms with E-state index in [1.807, 2.05) is 26.8 Å². The van der Waals surface area contributed by atoms with Crippen LogP contribution in [0.2, 0.25) is 0 Å². The number of carbonyl (C=O) groups excluding carboxylic acids is 3. The van der Waals surface area contributed by atoms with Crippen LogP contribution in [-0.2, 0) is 19.1 Å². The van der Waals surface area contributed by atoms with Gasteiger partial charge < -0.3 is 14.8 Å². The lowest BCUT2D eigenvalue weighted by molar-refractivity contribution is -0.156. The number of hydrogen-bond acceptors (Lipinski definition) is 5. The van der Waals surface area contributed by atoms with Gasteiger partial charge in [-0.1, -0.05) is 32.8 Å². The molecule has 1 N–H and O–H groups in total. The maximum Gasteiger partial charge on any atom is 0.326 e. The second-order valence-electron chi connectivity index (χ2n) is 8.34. The topological polar surface area (TPSA) is 84.9 Å². The van der Waals surface area contributed by atoms with Gasteiger partial charge in [-0.25, -0.2) is 0 Å². The zero-order valence-corrected chi connectivity index (χ0v) is 17.4. The van der Waals surface area contributed by atoms with E-state index in [1.165, 1.54) is 4.90 Å². The molecule has 7 heteroatoms. The quantitative estimate of drug-likeness (QED) is 0.709. The highest BCUT2D eigenvalue weighted by Gasteiger charge is 2.31. The SMILES string of the molecule is Cc1ccc2c(c1)N(CC(=O)O[C@H](CC(C)C)C(=O)NC1CCCC1)C(=O)CO2. The monoisotopic (exact) mass is 402 g/mol. The van der Waals surface area contributed by atoms with Crippen molar-refractivity contribution in [1.82, 2.24) is 5.32 Å². The van der Waals surface area contributed by atoms with Crippen molar-refractivity contribution in [2.75, 3.05) is 18.1 Å². The van der Waals surface area contributed by atoms with Gasteiger partial charge in [-0.15, -0.1) is 0 Å². The summed E-state index contributed by atoms with van der Waals surface area (Å²) in [6, 6.07) is 5.63. The van der Waals surface area contributed by atoms with E-state index in [1.54, 1.807) is 12.1 Å². The average molecular weight is 402 g/mol. The van der Waals surface area contributed by atoms with Crippen LogP contribution in [0.1, 0.15) is 51.5 Å². The fourth-order valence-corrected chi connectivity index (χ4v) is 3.81. The van der Waals surface area contributed by atoms with Gasteiger partial charge in [-0.2, -0.15) is 0 Å². The Bertz CT molecular complexity index is 770. The van der Waals surface area contributed by atoms with E-state index < -0.39 is 12.1 Å². The summed E-state index contributed by atoms with van der Waals surface area (Å²) >= 11 is 0. The molecule has 0 radical (unpaired) electrons. The fourth-order valence-electron chi connectivity index (χ4n) is 3.81. The van der Waals surface area contributed by atoms with Crippen LogP contribution < -0.4 is 15.0 Å². The minimum Gasteiger partial charge on any atom is -0.482 e. The number of benzene rings is 1. The lowest BCUT2D eigenvalue weighted by Gasteiger charge is -2.29. The number of rotatable bonds is 7. The molecule has 0 spiro atoms. The fraction of sp³-hybridized carbons (Fsp3) is 0.591. The lowest BCUT2D eigenvalue weighted by atomic mass is 10.0. The van der Waals surface area contributed by atoms with Gasteiger partial charge in [0.25, 0.3) is 11.8 Å². The van der Waals surface area contributed by atoms with Crippen molar-refractivity contribution in [3.8, 4) is 5.75 Å². The van der Waals surface area contributed by atoms with Crippen LogP contribution in [0.3, 0.4) is 0 Å². The molecule has 1 heterocycles. The highest BCUT2D eigenvalue weighted by molar-refractivity contribution is 6.01. The van der Waals surface area contributed by atoms with Crippen molar-refractivity contribution >= 4 is 23.5 Å². The molecule has 7 nitrogen and oxygen atoms in total. The number of fused-ring (bicyclic) bond motifs is 1. The third-order valence-corrected chi connectivity index (χ3v) is 5.30. The maximum absolute atomic E-state index is 12.7. The highest BCUT2D eigenvalue weighted by Crippen LogP contribution is 2.32.